The summed E-state index contributed by atoms with van der Waals surface area (Å²) in [5.41, 5.74) is 0.509. The SMILES string of the molecule is CCOC(=O)c1ccc(C(=O)O)cc1.[KH]. The molecule has 0 radical (unpaired) electrons. The zero-order valence-electron chi connectivity index (χ0n) is 7.69. The van der Waals surface area contributed by atoms with Gasteiger partial charge in [-0.3, -0.25) is 0 Å². The van der Waals surface area contributed by atoms with E-state index in [0.717, 1.165) is 0 Å². The second kappa shape index (κ2) is 7.13. The zero-order chi connectivity index (χ0) is 10.6. The van der Waals surface area contributed by atoms with Gasteiger partial charge in [0.1, 0.15) is 0 Å². The van der Waals surface area contributed by atoms with Gasteiger partial charge in [0.05, 0.1) is 17.7 Å². The number of esters is 1. The van der Waals surface area contributed by atoms with E-state index in [1.807, 2.05) is 0 Å². The van der Waals surface area contributed by atoms with Crippen molar-refractivity contribution in [1.82, 2.24) is 0 Å². The Labute approximate surface area is 130 Å². The summed E-state index contributed by atoms with van der Waals surface area (Å²) >= 11 is 0. The summed E-state index contributed by atoms with van der Waals surface area (Å²) in [7, 11) is 0. The first-order chi connectivity index (χ1) is 6.65. The molecule has 0 aliphatic heterocycles. The van der Waals surface area contributed by atoms with Crippen LogP contribution in [-0.4, -0.2) is 75.0 Å². The summed E-state index contributed by atoms with van der Waals surface area (Å²) in [5.74, 6) is -1.45. The molecule has 0 heterocycles. The Morgan fingerprint density at radius 2 is 1.67 bits per heavy atom. The summed E-state index contributed by atoms with van der Waals surface area (Å²) in [5, 5.41) is 8.60. The predicted molar refractivity (Wildman–Crippen MR) is 56.5 cm³/mol. The molecule has 4 nitrogen and oxygen atoms in total. The molecule has 1 aromatic carbocycles. The van der Waals surface area contributed by atoms with Crippen LogP contribution in [0.2, 0.25) is 0 Å². The third-order valence-corrected chi connectivity index (χ3v) is 1.64. The van der Waals surface area contributed by atoms with Crippen molar-refractivity contribution < 1.29 is 19.4 Å². The maximum atomic E-state index is 11.2. The standard InChI is InChI=1S/C10H10O4.K.H/c1-2-14-10(13)8-5-3-7(4-6-8)9(11)12;;/h3-6H,2H2,1H3,(H,11,12);;. The number of carbonyl (C=O) groups is 2. The van der Waals surface area contributed by atoms with Crippen molar-refractivity contribution in [2.45, 2.75) is 6.92 Å². The van der Waals surface area contributed by atoms with Crippen LogP contribution in [0.3, 0.4) is 0 Å². The van der Waals surface area contributed by atoms with Crippen LogP contribution >= 0.6 is 0 Å². The Balaban J connectivity index is 0.00000196. The summed E-state index contributed by atoms with van der Waals surface area (Å²) in [6.45, 7) is 2.02. The first-order valence-electron chi connectivity index (χ1n) is 4.15. The molecule has 0 bridgehead atoms. The van der Waals surface area contributed by atoms with E-state index >= 15 is 0 Å². The molecule has 0 aliphatic carbocycles. The molecule has 0 amide bonds. The van der Waals surface area contributed by atoms with Gasteiger partial charge in [-0.15, -0.1) is 0 Å². The van der Waals surface area contributed by atoms with E-state index in [9.17, 15) is 9.59 Å². The number of aromatic carboxylic acids is 1. The monoisotopic (exact) mass is 234 g/mol. The van der Waals surface area contributed by atoms with Gasteiger partial charge in [0.2, 0.25) is 0 Å². The minimum absolute atomic E-state index is 0. The van der Waals surface area contributed by atoms with E-state index in [1.165, 1.54) is 24.3 Å². The van der Waals surface area contributed by atoms with Crippen LogP contribution in [0.15, 0.2) is 24.3 Å². The first-order valence-corrected chi connectivity index (χ1v) is 4.15. The minimum atomic E-state index is -1.01. The number of benzene rings is 1. The molecule has 0 aliphatic rings. The van der Waals surface area contributed by atoms with Crippen molar-refractivity contribution in [3.8, 4) is 0 Å². The number of hydrogen-bond donors (Lipinski definition) is 1. The second-order valence-electron chi connectivity index (χ2n) is 2.60. The number of carboxylic acid groups (broad SMARTS) is 1. The van der Waals surface area contributed by atoms with Crippen LogP contribution in [-0.2, 0) is 4.74 Å². The van der Waals surface area contributed by atoms with Crippen LogP contribution < -0.4 is 0 Å². The molecule has 0 saturated carbocycles. The molecule has 0 fully saturated rings. The molecule has 1 N–H and O–H groups in total. The van der Waals surface area contributed by atoms with E-state index in [4.69, 9.17) is 9.84 Å². The Bertz CT molecular complexity index is 345. The molecule has 0 aromatic heterocycles. The topological polar surface area (TPSA) is 63.6 Å². The Hall–Kier alpha value is -0.204. The molecule has 1 aromatic rings. The van der Waals surface area contributed by atoms with Gasteiger partial charge in [0.15, 0.2) is 0 Å². The molecule has 76 valence electrons. The average molecular weight is 234 g/mol. The molecule has 0 spiro atoms. The molecule has 0 atom stereocenters. The Kier molecular flexibility index (Phi) is 7.04. The van der Waals surface area contributed by atoms with Crippen LogP contribution in [0.1, 0.15) is 27.6 Å². The van der Waals surface area contributed by atoms with Gasteiger partial charge in [-0.05, 0) is 31.2 Å². The molecule has 0 unspecified atom stereocenters. The van der Waals surface area contributed by atoms with Crippen molar-refractivity contribution in [3.05, 3.63) is 35.4 Å². The van der Waals surface area contributed by atoms with Gasteiger partial charge >= 0.3 is 63.3 Å². The maximum absolute atomic E-state index is 11.2. The van der Waals surface area contributed by atoms with Crippen molar-refractivity contribution in [3.63, 3.8) is 0 Å². The van der Waals surface area contributed by atoms with Gasteiger partial charge in [-0.1, -0.05) is 0 Å². The first kappa shape index (κ1) is 14.8. The van der Waals surface area contributed by atoms with Crippen LogP contribution in [0.5, 0.6) is 0 Å². The van der Waals surface area contributed by atoms with Crippen LogP contribution in [0.25, 0.3) is 0 Å². The molecule has 5 heteroatoms. The average Bonchev–Trinajstić information content (AvgIpc) is 2.18. The van der Waals surface area contributed by atoms with Crippen molar-refractivity contribution in [2.75, 3.05) is 6.61 Å². The predicted octanol–water partition coefficient (Wildman–Crippen LogP) is 0.913. The summed E-state index contributed by atoms with van der Waals surface area (Å²) in [4.78, 5) is 21.6. The number of carbonyl (C=O) groups excluding carboxylic acids is 1. The van der Waals surface area contributed by atoms with Crippen molar-refractivity contribution in [1.29, 1.82) is 0 Å². The molecule has 0 saturated heterocycles. The summed E-state index contributed by atoms with van der Waals surface area (Å²) in [6.07, 6.45) is 0. The molecular weight excluding hydrogens is 223 g/mol. The molecule has 1 rings (SSSR count). The quantitative estimate of drug-likeness (QED) is 0.624. The van der Waals surface area contributed by atoms with Crippen LogP contribution in [0, 0.1) is 0 Å². The van der Waals surface area contributed by atoms with Crippen molar-refractivity contribution >= 4 is 63.3 Å². The number of hydrogen-bond acceptors (Lipinski definition) is 3. The van der Waals surface area contributed by atoms with E-state index in [0.29, 0.717) is 12.2 Å². The number of ether oxygens (including phenoxy) is 1. The third-order valence-electron chi connectivity index (χ3n) is 1.64. The van der Waals surface area contributed by atoms with Crippen molar-refractivity contribution in [2.24, 2.45) is 0 Å². The summed E-state index contributed by atoms with van der Waals surface area (Å²) in [6, 6.07) is 5.60. The van der Waals surface area contributed by atoms with E-state index < -0.39 is 11.9 Å². The van der Waals surface area contributed by atoms with Gasteiger partial charge in [0, 0.05) is 0 Å². The fourth-order valence-corrected chi connectivity index (χ4v) is 0.963. The van der Waals surface area contributed by atoms with Crippen LogP contribution in [0.4, 0.5) is 0 Å². The normalized spacial score (nSPS) is 8.87. The van der Waals surface area contributed by atoms with Gasteiger partial charge in [-0.25, -0.2) is 9.59 Å². The second-order valence-corrected chi connectivity index (χ2v) is 2.60. The fraction of sp³-hybridized carbons (Fsp3) is 0.200. The molecule has 15 heavy (non-hydrogen) atoms. The summed E-state index contributed by atoms with van der Waals surface area (Å²) < 4.78 is 4.74. The number of rotatable bonds is 3. The van der Waals surface area contributed by atoms with E-state index in [-0.39, 0.29) is 56.9 Å². The fourth-order valence-electron chi connectivity index (χ4n) is 0.963. The van der Waals surface area contributed by atoms with Gasteiger partial charge < -0.3 is 9.84 Å². The Morgan fingerprint density at radius 3 is 2.07 bits per heavy atom. The number of carboxylic acids is 1. The van der Waals surface area contributed by atoms with E-state index in [1.54, 1.807) is 6.92 Å². The molecular formula is C10H11KO4. The Morgan fingerprint density at radius 1 is 1.20 bits per heavy atom. The van der Waals surface area contributed by atoms with E-state index in [2.05, 4.69) is 0 Å². The van der Waals surface area contributed by atoms with Gasteiger partial charge in [0.25, 0.3) is 0 Å². The zero-order valence-corrected chi connectivity index (χ0v) is 7.69. The third kappa shape index (κ3) is 4.44. The van der Waals surface area contributed by atoms with Gasteiger partial charge in [-0.2, -0.15) is 0 Å².